The van der Waals surface area contributed by atoms with Gasteiger partial charge in [-0.05, 0) is 30.4 Å². The van der Waals surface area contributed by atoms with Gasteiger partial charge in [0.25, 0.3) is 5.91 Å². The molecule has 1 saturated heterocycles. The average Bonchev–Trinajstić information content (AvgIpc) is 2.54. The molecule has 2 atom stereocenters. The highest BCUT2D eigenvalue weighted by atomic mass is 16.2. The molecule has 2 rings (SSSR count). The molecular weight excluding hydrogens is 288 g/mol. The van der Waals surface area contributed by atoms with E-state index >= 15 is 0 Å². The van der Waals surface area contributed by atoms with Gasteiger partial charge < -0.3 is 10.2 Å². The molecule has 0 saturated carbocycles. The third-order valence-electron chi connectivity index (χ3n) is 3.93. The summed E-state index contributed by atoms with van der Waals surface area (Å²) in [6.45, 7) is 5.84. The Hall–Kier alpha value is -2.79. The van der Waals surface area contributed by atoms with E-state index < -0.39 is 0 Å². The lowest BCUT2D eigenvalue weighted by atomic mass is 9.91. The second-order valence-electron chi connectivity index (χ2n) is 6.13. The number of rotatable bonds is 3. The van der Waals surface area contributed by atoms with Gasteiger partial charge >= 0.3 is 0 Å². The number of para-hydroxylation sites is 1. The molecule has 5 heteroatoms. The molecule has 0 radical (unpaired) electrons. The molecule has 23 heavy (non-hydrogen) atoms. The van der Waals surface area contributed by atoms with Crippen LogP contribution in [0.4, 0.5) is 5.69 Å². The molecule has 1 amide bonds. The molecular formula is C18H20N4O. The number of hydrogen-bond acceptors (Lipinski definition) is 4. The van der Waals surface area contributed by atoms with E-state index in [4.69, 9.17) is 10.5 Å². The number of nitriles is 2. The second-order valence-corrected chi connectivity index (χ2v) is 6.13. The quantitative estimate of drug-likeness (QED) is 0.870. The van der Waals surface area contributed by atoms with E-state index in [9.17, 15) is 4.79 Å². The molecule has 1 aliphatic rings. The number of carbonyl (C=O) groups excluding carboxylic acids is 1. The van der Waals surface area contributed by atoms with Crippen LogP contribution < -0.4 is 5.32 Å². The maximum atomic E-state index is 12.8. The van der Waals surface area contributed by atoms with Crippen LogP contribution >= 0.6 is 0 Å². The van der Waals surface area contributed by atoms with Crippen LogP contribution in [0, 0.1) is 34.5 Å². The van der Waals surface area contributed by atoms with Crippen LogP contribution in [0.5, 0.6) is 0 Å². The molecule has 1 heterocycles. The Balaban J connectivity index is 2.23. The van der Waals surface area contributed by atoms with Crippen molar-refractivity contribution in [2.45, 2.75) is 20.3 Å². The van der Waals surface area contributed by atoms with Gasteiger partial charge in [-0.3, -0.25) is 4.79 Å². The van der Waals surface area contributed by atoms with Crippen LogP contribution in [-0.4, -0.2) is 23.9 Å². The zero-order chi connectivity index (χ0) is 16.8. The summed E-state index contributed by atoms with van der Waals surface area (Å²) in [7, 11) is 0. The minimum Gasteiger partial charge on any atom is -0.359 e. The Labute approximate surface area is 136 Å². The predicted octanol–water partition coefficient (Wildman–Crippen LogP) is 3.15. The lowest BCUT2D eigenvalue weighted by molar-refractivity contribution is 0.0624. The Kier molecular flexibility index (Phi) is 5.38. The average molecular weight is 308 g/mol. The minimum atomic E-state index is -0.0348. The van der Waals surface area contributed by atoms with Crippen molar-refractivity contribution in [2.75, 3.05) is 18.4 Å². The first kappa shape index (κ1) is 16.6. The predicted molar refractivity (Wildman–Crippen MR) is 88.2 cm³/mol. The topological polar surface area (TPSA) is 79.9 Å². The third-order valence-corrected chi connectivity index (χ3v) is 3.93. The van der Waals surface area contributed by atoms with Crippen LogP contribution in [0.25, 0.3) is 0 Å². The summed E-state index contributed by atoms with van der Waals surface area (Å²) in [6.07, 6.45) is 2.47. The molecule has 0 aromatic heterocycles. The van der Waals surface area contributed by atoms with E-state index in [1.54, 1.807) is 24.3 Å². The van der Waals surface area contributed by atoms with E-state index in [1.807, 2.05) is 17.0 Å². The first-order chi connectivity index (χ1) is 11.0. The van der Waals surface area contributed by atoms with Crippen molar-refractivity contribution in [1.82, 2.24) is 4.90 Å². The molecule has 1 fully saturated rings. The number of benzene rings is 1. The second kappa shape index (κ2) is 7.47. The van der Waals surface area contributed by atoms with Crippen molar-refractivity contribution in [2.24, 2.45) is 11.8 Å². The standard InChI is InChI=1S/C18H20N4O/c1-13-7-14(2)12-22(11-13)18(23)16-5-3-4-6-17(16)21-10-15(8-19)9-20/h3-6,10,13-14,21H,7,11-12H2,1-2H3/t13-,14+. The molecule has 0 unspecified atom stereocenters. The summed E-state index contributed by atoms with van der Waals surface area (Å²) in [4.78, 5) is 14.7. The van der Waals surface area contributed by atoms with Gasteiger partial charge in [0, 0.05) is 19.3 Å². The summed E-state index contributed by atoms with van der Waals surface area (Å²) in [6, 6.07) is 10.7. The van der Waals surface area contributed by atoms with Crippen LogP contribution in [0.1, 0.15) is 30.6 Å². The highest BCUT2D eigenvalue weighted by molar-refractivity contribution is 5.99. The number of nitrogens with one attached hydrogen (secondary N) is 1. The Bertz CT molecular complexity index is 670. The van der Waals surface area contributed by atoms with Crippen molar-refractivity contribution in [3.05, 3.63) is 41.6 Å². The number of hydrogen-bond donors (Lipinski definition) is 1. The Morgan fingerprint density at radius 1 is 1.22 bits per heavy atom. The molecule has 1 aliphatic heterocycles. The highest BCUT2D eigenvalue weighted by Crippen LogP contribution is 2.25. The molecule has 118 valence electrons. The summed E-state index contributed by atoms with van der Waals surface area (Å²) in [5.74, 6) is 0.966. The minimum absolute atomic E-state index is 0.0182. The van der Waals surface area contributed by atoms with Gasteiger partial charge in [-0.25, -0.2) is 0 Å². The molecule has 0 aliphatic carbocycles. The number of nitrogens with zero attached hydrogens (tertiary/aromatic N) is 3. The first-order valence-electron chi connectivity index (χ1n) is 7.70. The van der Waals surface area contributed by atoms with Gasteiger partial charge in [0.15, 0.2) is 0 Å². The maximum absolute atomic E-state index is 12.8. The molecule has 1 aromatic rings. The summed E-state index contributed by atoms with van der Waals surface area (Å²) in [5, 5.41) is 20.5. The number of anilines is 1. The fourth-order valence-corrected chi connectivity index (χ4v) is 3.03. The molecule has 0 bridgehead atoms. The normalized spacial score (nSPS) is 20.1. The maximum Gasteiger partial charge on any atom is 0.255 e. The number of carbonyl (C=O) groups is 1. The Morgan fingerprint density at radius 3 is 2.43 bits per heavy atom. The summed E-state index contributed by atoms with van der Waals surface area (Å²) < 4.78 is 0. The zero-order valence-corrected chi connectivity index (χ0v) is 13.4. The molecule has 5 nitrogen and oxygen atoms in total. The van der Waals surface area contributed by atoms with Gasteiger partial charge in [0.2, 0.25) is 0 Å². The van der Waals surface area contributed by atoms with E-state index in [0.29, 0.717) is 23.1 Å². The van der Waals surface area contributed by atoms with Crippen LogP contribution in [-0.2, 0) is 0 Å². The van der Waals surface area contributed by atoms with E-state index in [0.717, 1.165) is 19.5 Å². The molecule has 1 N–H and O–H groups in total. The van der Waals surface area contributed by atoms with Gasteiger partial charge in [0.1, 0.15) is 17.7 Å². The lowest BCUT2D eigenvalue weighted by Crippen LogP contribution is -2.42. The van der Waals surface area contributed by atoms with Gasteiger partial charge in [-0.2, -0.15) is 10.5 Å². The molecule has 0 spiro atoms. The fraction of sp³-hybridized carbons (Fsp3) is 0.389. The number of amides is 1. The monoisotopic (exact) mass is 308 g/mol. The van der Waals surface area contributed by atoms with Crippen LogP contribution in [0.15, 0.2) is 36.0 Å². The van der Waals surface area contributed by atoms with Crippen molar-refractivity contribution in [3.63, 3.8) is 0 Å². The van der Waals surface area contributed by atoms with Gasteiger partial charge in [0.05, 0.1) is 11.3 Å². The largest absolute Gasteiger partial charge is 0.359 e. The summed E-state index contributed by atoms with van der Waals surface area (Å²) >= 11 is 0. The smallest absolute Gasteiger partial charge is 0.255 e. The summed E-state index contributed by atoms with van der Waals surface area (Å²) in [5.41, 5.74) is 1.12. The van der Waals surface area contributed by atoms with Gasteiger partial charge in [-0.15, -0.1) is 0 Å². The number of piperidine rings is 1. The lowest BCUT2D eigenvalue weighted by Gasteiger charge is -2.35. The van der Waals surface area contributed by atoms with Crippen molar-refractivity contribution < 1.29 is 4.79 Å². The van der Waals surface area contributed by atoms with Crippen molar-refractivity contribution in [1.29, 1.82) is 10.5 Å². The SMILES string of the molecule is C[C@@H]1C[C@H](C)CN(C(=O)c2ccccc2NC=C(C#N)C#N)C1. The third kappa shape index (κ3) is 4.11. The number of allylic oxidation sites excluding steroid dienone is 1. The van der Waals surface area contributed by atoms with E-state index in [-0.39, 0.29) is 11.5 Å². The zero-order valence-electron chi connectivity index (χ0n) is 13.4. The highest BCUT2D eigenvalue weighted by Gasteiger charge is 2.27. The van der Waals surface area contributed by atoms with Gasteiger partial charge in [-0.1, -0.05) is 26.0 Å². The fourth-order valence-electron chi connectivity index (χ4n) is 3.03. The van der Waals surface area contributed by atoms with Crippen LogP contribution in [0.3, 0.4) is 0 Å². The molecule has 1 aromatic carbocycles. The van der Waals surface area contributed by atoms with Crippen LogP contribution in [0.2, 0.25) is 0 Å². The Morgan fingerprint density at radius 2 is 1.83 bits per heavy atom. The first-order valence-corrected chi connectivity index (χ1v) is 7.70. The van der Waals surface area contributed by atoms with Crippen molar-refractivity contribution in [3.8, 4) is 12.1 Å². The van der Waals surface area contributed by atoms with E-state index in [2.05, 4.69) is 19.2 Å². The van der Waals surface area contributed by atoms with E-state index in [1.165, 1.54) is 6.20 Å². The number of likely N-dealkylation sites (tertiary alicyclic amines) is 1. The van der Waals surface area contributed by atoms with Crippen molar-refractivity contribution >= 4 is 11.6 Å².